The first kappa shape index (κ1) is 11.0. The Labute approximate surface area is 97.4 Å². The lowest BCUT2D eigenvalue weighted by atomic mass is 9.92. The second kappa shape index (κ2) is 3.81. The van der Waals surface area contributed by atoms with Crippen molar-refractivity contribution in [1.82, 2.24) is 9.88 Å². The molecule has 2 heterocycles. The summed E-state index contributed by atoms with van der Waals surface area (Å²) in [6, 6.07) is 6.16. The summed E-state index contributed by atoms with van der Waals surface area (Å²) < 4.78 is 0. The average molecular weight is 216 g/mol. The van der Waals surface area contributed by atoms with Gasteiger partial charge in [0, 0.05) is 30.6 Å². The zero-order valence-corrected chi connectivity index (χ0v) is 10.3. The van der Waals surface area contributed by atoms with Crippen LogP contribution < -0.4 is 4.90 Å². The minimum absolute atomic E-state index is 0.0886. The van der Waals surface area contributed by atoms with E-state index in [0.29, 0.717) is 0 Å². The smallest absolute Gasteiger partial charge is 0.147 e. The lowest BCUT2D eigenvalue weighted by Gasteiger charge is -2.21. The normalized spacial score (nSPS) is 16.0. The molecule has 0 saturated carbocycles. The molecule has 0 aromatic carbocycles. The molecule has 0 atom stereocenters. The molecule has 1 aromatic heterocycles. The van der Waals surface area contributed by atoms with Gasteiger partial charge in [0.1, 0.15) is 12.5 Å². The van der Waals surface area contributed by atoms with Crippen LogP contribution in [0.15, 0.2) is 30.6 Å². The van der Waals surface area contributed by atoms with E-state index >= 15 is 0 Å². The van der Waals surface area contributed by atoms with E-state index in [4.69, 9.17) is 0 Å². The van der Waals surface area contributed by atoms with Crippen molar-refractivity contribution >= 4 is 5.82 Å². The van der Waals surface area contributed by atoms with E-state index in [0.717, 1.165) is 11.5 Å². The van der Waals surface area contributed by atoms with E-state index in [1.807, 2.05) is 42.0 Å². The zero-order chi connectivity index (χ0) is 11.8. The topological polar surface area (TPSA) is 19.4 Å². The molecule has 85 valence electrons. The molecule has 1 aliphatic rings. The lowest BCUT2D eigenvalue weighted by molar-refractivity contribution is 0.562. The monoisotopic (exact) mass is 216 g/mol. The third-order valence-corrected chi connectivity index (χ3v) is 2.54. The molecule has 1 aliphatic heterocycles. The van der Waals surface area contributed by atoms with Gasteiger partial charge in [0.2, 0.25) is 0 Å². The maximum absolute atomic E-state index is 4.68. The van der Waals surface area contributed by atoms with Gasteiger partial charge in [0.15, 0.2) is 0 Å². The van der Waals surface area contributed by atoms with Crippen LogP contribution in [0, 0.1) is 6.67 Å². The first-order chi connectivity index (χ1) is 7.47. The van der Waals surface area contributed by atoms with E-state index in [9.17, 15) is 0 Å². The van der Waals surface area contributed by atoms with E-state index in [1.165, 1.54) is 0 Å². The summed E-state index contributed by atoms with van der Waals surface area (Å²) in [5.41, 5.74) is 1.20. The third-order valence-electron chi connectivity index (χ3n) is 2.54. The first-order valence-corrected chi connectivity index (χ1v) is 5.48. The fourth-order valence-electron chi connectivity index (χ4n) is 1.57. The first-order valence-electron chi connectivity index (χ1n) is 5.48. The van der Waals surface area contributed by atoms with Crippen molar-refractivity contribution in [2.45, 2.75) is 26.2 Å². The van der Waals surface area contributed by atoms with Gasteiger partial charge in [0.25, 0.3) is 0 Å². The van der Waals surface area contributed by atoms with E-state index in [-0.39, 0.29) is 5.41 Å². The van der Waals surface area contributed by atoms with Gasteiger partial charge in [-0.1, -0.05) is 26.8 Å². The van der Waals surface area contributed by atoms with Crippen molar-refractivity contribution in [3.05, 3.63) is 43.0 Å². The number of pyridine rings is 1. The Morgan fingerprint density at radius 3 is 2.44 bits per heavy atom. The Balaban J connectivity index is 2.27. The standard InChI is InChI=1S/C13H18N3/c1-13(2,3)11-6-5-7-12(14-11)16-9-8-15(4)10-16/h5-10H,1-4H3. The van der Waals surface area contributed by atoms with Gasteiger partial charge in [-0.2, -0.15) is 0 Å². The largest absolute Gasteiger partial charge is 0.356 e. The Morgan fingerprint density at radius 2 is 1.88 bits per heavy atom. The number of hydrogen-bond donors (Lipinski definition) is 0. The number of aromatic nitrogens is 1. The molecular weight excluding hydrogens is 198 g/mol. The molecule has 0 fully saturated rings. The van der Waals surface area contributed by atoms with Crippen LogP contribution in [0.25, 0.3) is 0 Å². The molecule has 0 unspecified atom stereocenters. The van der Waals surface area contributed by atoms with Gasteiger partial charge >= 0.3 is 0 Å². The zero-order valence-electron chi connectivity index (χ0n) is 10.3. The van der Waals surface area contributed by atoms with Crippen LogP contribution in [0.1, 0.15) is 26.5 Å². The minimum Gasteiger partial charge on any atom is -0.356 e. The Bertz CT molecular complexity index is 404. The summed E-state index contributed by atoms with van der Waals surface area (Å²) in [4.78, 5) is 8.71. The molecule has 1 radical (unpaired) electrons. The Kier molecular flexibility index (Phi) is 2.62. The summed E-state index contributed by atoms with van der Waals surface area (Å²) in [6.45, 7) is 8.53. The molecule has 3 nitrogen and oxygen atoms in total. The molecule has 1 aromatic rings. The van der Waals surface area contributed by atoms with E-state index in [2.05, 4.69) is 37.9 Å². The second-order valence-corrected chi connectivity index (χ2v) is 5.12. The molecule has 0 aliphatic carbocycles. The number of nitrogens with zero attached hydrogens (tertiary/aromatic N) is 3. The fourth-order valence-corrected chi connectivity index (χ4v) is 1.57. The quantitative estimate of drug-likeness (QED) is 0.719. The van der Waals surface area contributed by atoms with E-state index in [1.54, 1.807) is 0 Å². The van der Waals surface area contributed by atoms with Crippen LogP contribution in [0.2, 0.25) is 0 Å². The van der Waals surface area contributed by atoms with Crippen molar-refractivity contribution in [3.63, 3.8) is 0 Å². The van der Waals surface area contributed by atoms with Crippen LogP contribution in [-0.4, -0.2) is 16.9 Å². The molecular formula is C13H18N3. The molecule has 0 bridgehead atoms. The number of rotatable bonds is 1. The average Bonchev–Trinajstić information content (AvgIpc) is 2.64. The molecule has 0 amide bonds. The van der Waals surface area contributed by atoms with Crippen LogP contribution in [0.3, 0.4) is 0 Å². The number of hydrogen-bond acceptors (Lipinski definition) is 3. The van der Waals surface area contributed by atoms with Gasteiger partial charge < -0.3 is 9.80 Å². The SMILES string of the molecule is CN1[CH]N(c2cccc(C(C)(C)C)n2)C=C1. The molecule has 0 spiro atoms. The molecule has 2 rings (SSSR count). The third kappa shape index (κ3) is 2.18. The van der Waals surface area contributed by atoms with Crippen LogP contribution in [0.4, 0.5) is 5.82 Å². The van der Waals surface area contributed by atoms with Crippen LogP contribution in [0.5, 0.6) is 0 Å². The highest BCUT2D eigenvalue weighted by Gasteiger charge is 2.18. The van der Waals surface area contributed by atoms with Crippen LogP contribution in [-0.2, 0) is 5.41 Å². The maximum atomic E-state index is 4.68. The highest BCUT2D eigenvalue weighted by atomic mass is 15.3. The highest BCUT2D eigenvalue weighted by molar-refractivity contribution is 5.47. The van der Waals surface area contributed by atoms with E-state index < -0.39 is 0 Å². The summed E-state index contributed by atoms with van der Waals surface area (Å²) in [5, 5.41) is 0. The molecule has 3 heteroatoms. The predicted octanol–water partition coefficient (Wildman–Crippen LogP) is 2.72. The summed E-state index contributed by atoms with van der Waals surface area (Å²) in [5.74, 6) is 0.966. The Hall–Kier alpha value is -1.51. The fraction of sp³-hybridized carbons (Fsp3) is 0.385. The van der Waals surface area contributed by atoms with Gasteiger partial charge in [0.05, 0.1) is 0 Å². The van der Waals surface area contributed by atoms with Crippen molar-refractivity contribution in [2.24, 2.45) is 0 Å². The van der Waals surface area contributed by atoms with Crippen molar-refractivity contribution < 1.29 is 0 Å². The van der Waals surface area contributed by atoms with Crippen molar-refractivity contribution in [1.29, 1.82) is 0 Å². The maximum Gasteiger partial charge on any atom is 0.147 e. The van der Waals surface area contributed by atoms with Gasteiger partial charge in [-0.05, 0) is 12.1 Å². The Morgan fingerprint density at radius 1 is 1.12 bits per heavy atom. The summed E-state index contributed by atoms with van der Waals surface area (Å²) in [6.07, 6.45) is 4.01. The van der Waals surface area contributed by atoms with Crippen LogP contribution >= 0.6 is 0 Å². The van der Waals surface area contributed by atoms with Crippen molar-refractivity contribution in [2.75, 3.05) is 11.9 Å². The highest BCUT2D eigenvalue weighted by Crippen LogP contribution is 2.24. The lowest BCUT2D eigenvalue weighted by Crippen LogP contribution is -2.19. The number of anilines is 1. The van der Waals surface area contributed by atoms with Gasteiger partial charge in [-0.15, -0.1) is 0 Å². The summed E-state index contributed by atoms with van der Waals surface area (Å²) in [7, 11) is 2.00. The summed E-state index contributed by atoms with van der Waals surface area (Å²) >= 11 is 0. The van der Waals surface area contributed by atoms with Gasteiger partial charge in [-0.3, -0.25) is 0 Å². The van der Waals surface area contributed by atoms with Gasteiger partial charge in [-0.25, -0.2) is 4.98 Å². The van der Waals surface area contributed by atoms with Crippen molar-refractivity contribution in [3.8, 4) is 0 Å². The molecule has 16 heavy (non-hydrogen) atoms. The predicted molar refractivity (Wildman–Crippen MR) is 66.6 cm³/mol. The second-order valence-electron chi connectivity index (χ2n) is 5.12. The minimum atomic E-state index is 0.0886. The molecule has 0 N–H and O–H groups in total. The molecule has 0 saturated heterocycles.